The first kappa shape index (κ1) is 8.81. The van der Waals surface area contributed by atoms with Crippen molar-refractivity contribution in [2.24, 2.45) is 0 Å². The molecule has 2 atom stereocenters. The molecule has 3 nitrogen and oxygen atoms in total. The summed E-state index contributed by atoms with van der Waals surface area (Å²) in [7, 11) is 0. The number of hydrogen-bond donors (Lipinski definition) is 1. The maximum absolute atomic E-state index is 11.2. The first-order valence-electron chi connectivity index (χ1n) is 3.72. The van der Waals surface area contributed by atoms with E-state index in [4.69, 9.17) is 16.7 Å². The van der Waals surface area contributed by atoms with Gasteiger partial charge in [0.05, 0.1) is 6.10 Å². The highest BCUT2D eigenvalue weighted by Gasteiger charge is 2.26. The molecule has 1 N–H and O–H groups in total. The third-order valence-corrected chi connectivity index (χ3v) is 2.00. The Kier molecular flexibility index (Phi) is 2.73. The molecule has 0 aliphatic carbocycles. The highest BCUT2D eigenvalue weighted by molar-refractivity contribution is 6.30. The second-order valence-electron chi connectivity index (χ2n) is 2.84. The largest absolute Gasteiger partial charge is 0.391 e. The van der Waals surface area contributed by atoms with E-state index in [-0.39, 0.29) is 12.0 Å². The Labute approximate surface area is 70.9 Å². The SMILES string of the molecule is CC(Cl)C(=O)N1CC[C@H](O)C1. The van der Waals surface area contributed by atoms with E-state index in [1.165, 1.54) is 0 Å². The van der Waals surface area contributed by atoms with E-state index < -0.39 is 5.38 Å². The third kappa shape index (κ3) is 2.07. The van der Waals surface area contributed by atoms with E-state index in [2.05, 4.69) is 0 Å². The number of hydrogen-bond acceptors (Lipinski definition) is 2. The first-order valence-corrected chi connectivity index (χ1v) is 4.16. The van der Waals surface area contributed by atoms with Gasteiger partial charge >= 0.3 is 0 Å². The molecule has 4 heteroatoms. The molecule has 1 aliphatic heterocycles. The van der Waals surface area contributed by atoms with Gasteiger partial charge in [0, 0.05) is 13.1 Å². The first-order chi connectivity index (χ1) is 5.11. The van der Waals surface area contributed by atoms with Crippen molar-refractivity contribution in [3.8, 4) is 0 Å². The highest BCUT2D eigenvalue weighted by atomic mass is 35.5. The van der Waals surface area contributed by atoms with Gasteiger partial charge in [0.25, 0.3) is 0 Å². The Bertz CT molecular complexity index is 161. The van der Waals surface area contributed by atoms with Gasteiger partial charge in [0.15, 0.2) is 0 Å². The van der Waals surface area contributed by atoms with Crippen molar-refractivity contribution < 1.29 is 9.90 Å². The van der Waals surface area contributed by atoms with Crippen LogP contribution in [0.25, 0.3) is 0 Å². The molecule has 0 radical (unpaired) electrons. The van der Waals surface area contributed by atoms with Gasteiger partial charge in [0.2, 0.25) is 5.91 Å². The number of amides is 1. The summed E-state index contributed by atoms with van der Waals surface area (Å²) >= 11 is 5.58. The summed E-state index contributed by atoms with van der Waals surface area (Å²) in [5, 5.41) is 8.62. The number of carbonyl (C=O) groups is 1. The topological polar surface area (TPSA) is 40.5 Å². The van der Waals surface area contributed by atoms with Gasteiger partial charge in [-0.1, -0.05) is 0 Å². The van der Waals surface area contributed by atoms with Crippen LogP contribution in [0.2, 0.25) is 0 Å². The van der Waals surface area contributed by atoms with Crippen LogP contribution in [-0.2, 0) is 4.79 Å². The molecule has 0 aromatic rings. The number of nitrogens with zero attached hydrogens (tertiary/aromatic N) is 1. The van der Waals surface area contributed by atoms with Gasteiger partial charge in [-0.05, 0) is 13.3 Å². The molecule has 11 heavy (non-hydrogen) atoms. The van der Waals surface area contributed by atoms with Crippen LogP contribution >= 0.6 is 11.6 Å². The van der Waals surface area contributed by atoms with Crippen LogP contribution in [0.15, 0.2) is 0 Å². The molecule has 1 unspecified atom stereocenters. The third-order valence-electron chi connectivity index (χ3n) is 1.82. The van der Waals surface area contributed by atoms with Crippen LogP contribution in [0.1, 0.15) is 13.3 Å². The van der Waals surface area contributed by atoms with E-state index in [1.807, 2.05) is 0 Å². The van der Waals surface area contributed by atoms with Crippen molar-refractivity contribution in [2.75, 3.05) is 13.1 Å². The second-order valence-corrected chi connectivity index (χ2v) is 3.50. The van der Waals surface area contributed by atoms with Crippen molar-refractivity contribution in [3.05, 3.63) is 0 Å². The molecular formula is C7H12ClNO2. The molecule has 0 bridgehead atoms. The molecule has 64 valence electrons. The standard InChI is InChI=1S/C7H12ClNO2/c1-5(8)7(11)9-3-2-6(10)4-9/h5-6,10H,2-4H2,1H3/t5?,6-/m0/s1. The summed E-state index contributed by atoms with van der Waals surface area (Å²) in [6.07, 6.45) is 0.324. The fourth-order valence-electron chi connectivity index (χ4n) is 1.19. The average Bonchev–Trinajstić information content (AvgIpc) is 2.34. The molecule has 1 aliphatic rings. The summed E-state index contributed by atoms with van der Waals surface area (Å²) in [5.41, 5.74) is 0. The van der Waals surface area contributed by atoms with Crippen molar-refractivity contribution in [2.45, 2.75) is 24.8 Å². The van der Waals surface area contributed by atoms with Gasteiger partial charge in [-0.15, -0.1) is 11.6 Å². The van der Waals surface area contributed by atoms with E-state index >= 15 is 0 Å². The number of aliphatic hydroxyl groups excluding tert-OH is 1. The molecule has 1 heterocycles. The highest BCUT2D eigenvalue weighted by Crippen LogP contribution is 2.11. The van der Waals surface area contributed by atoms with Crippen molar-refractivity contribution in [1.82, 2.24) is 4.90 Å². The lowest BCUT2D eigenvalue weighted by molar-refractivity contribution is -0.129. The summed E-state index contributed by atoms with van der Waals surface area (Å²) in [6.45, 7) is 2.72. The molecule has 0 spiro atoms. The molecule has 1 amide bonds. The van der Waals surface area contributed by atoms with Crippen LogP contribution in [0.4, 0.5) is 0 Å². The van der Waals surface area contributed by atoms with Crippen molar-refractivity contribution in [3.63, 3.8) is 0 Å². The lowest BCUT2D eigenvalue weighted by atomic mass is 10.3. The van der Waals surface area contributed by atoms with Crippen LogP contribution in [0.5, 0.6) is 0 Å². The fraction of sp³-hybridized carbons (Fsp3) is 0.857. The average molecular weight is 178 g/mol. The van der Waals surface area contributed by atoms with Gasteiger partial charge in [-0.2, -0.15) is 0 Å². The van der Waals surface area contributed by atoms with Crippen molar-refractivity contribution in [1.29, 1.82) is 0 Å². The number of halogens is 1. The summed E-state index contributed by atoms with van der Waals surface area (Å²) in [4.78, 5) is 12.8. The summed E-state index contributed by atoms with van der Waals surface area (Å²) < 4.78 is 0. The van der Waals surface area contributed by atoms with Crippen LogP contribution in [0, 0.1) is 0 Å². The van der Waals surface area contributed by atoms with Crippen molar-refractivity contribution >= 4 is 17.5 Å². The minimum absolute atomic E-state index is 0.0804. The zero-order valence-electron chi connectivity index (χ0n) is 6.46. The van der Waals surface area contributed by atoms with Gasteiger partial charge in [-0.3, -0.25) is 4.79 Å². The monoisotopic (exact) mass is 177 g/mol. The molecule has 1 rings (SSSR count). The minimum atomic E-state index is -0.472. The number of alkyl halides is 1. The Morgan fingerprint density at radius 3 is 2.82 bits per heavy atom. The number of carbonyl (C=O) groups excluding carboxylic acids is 1. The molecule has 1 fully saturated rings. The van der Waals surface area contributed by atoms with E-state index in [1.54, 1.807) is 11.8 Å². The minimum Gasteiger partial charge on any atom is -0.391 e. The Morgan fingerprint density at radius 2 is 2.45 bits per heavy atom. The zero-order valence-corrected chi connectivity index (χ0v) is 7.21. The van der Waals surface area contributed by atoms with Gasteiger partial charge < -0.3 is 10.0 Å². The maximum atomic E-state index is 11.2. The van der Waals surface area contributed by atoms with E-state index in [0.29, 0.717) is 19.5 Å². The Balaban J connectivity index is 2.43. The predicted molar refractivity (Wildman–Crippen MR) is 42.5 cm³/mol. The summed E-state index contributed by atoms with van der Waals surface area (Å²) in [6, 6.07) is 0. The van der Waals surface area contributed by atoms with Gasteiger partial charge in [0.1, 0.15) is 5.38 Å². The Morgan fingerprint density at radius 1 is 1.82 bits per heavy atom. The van der Waals surface area contributed by atoms with Gasteiger partial charge in [-0.25, -0.2) is 0 Å². The smallest absolute Gasteiger partial charge is 0.240 e. The maximum Gasteiger partial charge on any atom is 0.240 e. The molecular weight excluding hydrogens is 166 g/mol. The molecule has 1 saturated heterocycles. The molecule has 0 saturated carbocycles. The zero-order chi connectivity index (χ0) is 8.43. The van der Waals surface area contributed by atoms with Crippen LogP contribution in [-0.4, -0.2) is 40.5 Å². The predicted octanol–water partition coefficient (Wildman–Crippen LogP) is 0.207. The van der Waals surface area contributed by atoms with E-state index in [0.717, 1.165) is 0 Å². The molecule has 0 aromatic heterocycles. The number of rotatable bonds is 1. The molecule has 0 aromatic carbocycles. The normalized spacial score (nSPS) is 27.2. The quantitative estimate of drug-likeness (QED) is 0.582. The van der Waals surface area contributed by atoms with Crippen LogP contribution in [0.3, 0.4) is 0 Å². The number of likely N-dealkylation sites (tertiary alicyclic amines) is 1. The summed E-state index contributed by atoms with van der Waals surface area (Å²) in [5.74, 6) is -0.0804. The fourth-order valence-corrected chi connectivity index (χ4v) is 1.33. The van der Waals surface area contributed by atoms with Crippen LogP contribution < -0.4 is 0 Å². The number of β-amino-alcohol motifs (C(OH)–C–C–N with tert-alkyl or cyclic N) is 1. The lowest BCUT2D eigenvalue weighted by Crippen LogP contribution is -2.34. The van der Waals surface area contributed by atoms with E-state index in [9.17, 15) is 4.79 Å². The number of aliphatic hydroxyl groups is 1. The second kappa shape index (κ2) is 3.41. The lowest BCUT2D eigenvalue weighted by Gasteiger charge is -2.16. The Hall–Kier alpha value is -0.280.